The molecule has 0 saturated carbocycles. The third-order valence-electron chi connectivity index (χ3n) is 4.50. The molecule has 1 aromatic carbocycles. The van der Waals surface area contributed by atoms with E-state index in [0.29, 0.717) is 43.7 Å². The smallest absolute Gasteiger partial charge is 0.228 e. The SMILES string of the molecule is FCOc1ccc(-c2cnnc(Nc3cc(N4CCOCC4)ncc3F)c2)cc1. The van der Waals surface area contributed by atoms with Crippen LogP contribution < -0.4 is 15.0 Å². The molecule has 0 bridgehead atoms. The van der Waals surface area contributed by atoms with E-state index in [1.165, 1.54) is 6.20 Å². The summed E-state index contributed by atoms with van der Waals surface area (Å²) in [5.74, 6) is 1.02. The summed E-state index contributed by atoms with van der Waals surface area (Å²) in [5.41, 5.74) is 1.88. The van der Waals surface area contributed by atoms with Gasteiger partial charge < -0.3 is 19.7 Å². The summed E-state index contributed by atoms with van der Waals surface area (Å²) in [5, 5.41) is 11.0. The summed E-state index contributed by atoms with van der Waals surface area (Å²) in [4.78, 5) is 6.21. The molecule has 9 heteroatoms. The van der Waals surface area contributed by atoms with E-state index in [4.69, 9.17) is 9.47 Å². The summed E-state index contributed by atoms with van der Waals surface area (Å²) < 4.78 is 36.7. The van der Waals surface area contributed by atoms with Crippen LogP contribution in [0.15, 0.2) is 48.8 Å². The Morgan fingerprint density at radius 2 is 1.86 bits per heavy atom. The summed E-state index contributed by atoms with van der Waals surface area (Å²) >= 11 is 0. The van der Waals surface area contributed by atoms with Gasteiger partial charge in [0, 0.05) is 24.7 Å². The maximum atomic E-state index is 14.3. The fraction of sp³-hybridized carbons (Fsp3) is 0.250. The number of morpholine rings is 1. The molecular weight excluding hydrogens is 380 g/mol. The lowest BCUT2D eigenvalue weighted by molar-refractivity contribution is 0.122. The molecule has 0 atom stereocenters. The Bertz CT molecular complexity index is 965. The Balaban J connectivity index is 1.54. The fourth-order valence-electron chi connectivity index (χ4n) is 3.02. The lowest BCUT2D eigenvalue weighted by Gasteiger charge is -2.28. The molecule has 29 heavy (non-hydrogen) atoms. The van der Waals surface area contributed by atoms with Crippen LogP contribution >= 0.6 is 0 Å². The van der Waals surface area contributed by atoms with E-state index >= 15 is 0 Å². The first kappa shape index (κ1) is 19.0. The highest BCUT2D eigenvalue weighted by molar-refractivity contribution is 5.69. The number of nitrogens with one attached hydrogen (secondary N) is 1. The summed E-state index contributed by atoms with van der Waals surface area (Å²) in [7, 11) is 0. The van der Waals surface area contributed by atoms with Crippen LogP contribution in [0.2, 0.25) is 0 Å². The Morgan fingerprint density at radius 1 is 1.07 bits per heavy atom. The van der Waals surface area contributed by atoms with E-state index in [1.54, 1.807) is 42.6 Å². The molecule has 2 aromatic heterocycles. The zero-order valence-electron chi connectivity index (χ0n) is 15.5. The molecule has 1 fully saturated rings. The minimum atomic E-state index is -0.881. The minimum absolute atomic E-state index is 0.264. The van der Waals surface area contributed by atoms with Crippen molar-refractivity contribution < 1.29 is 18.3 Å². The maximum Gasteiger partial charge on any atom is 0.228 e. The Morgan fingerprint density at radius 3 is 2.62 bits per heavy atom. The first-order valence-electron chi connectivity index (χ1n) is 9.10. The quantitative estimate of drug-likeness (QED) is 0.679. The molecule has 3 heterocycles. The molecule has 3 aromatic rings. The van der Waals surface area contributed by atoms with Crippen LogP contribution in [0.25, 0.3) is 11.1 Å². The van der Waals surface area contributed by atoms with E-state index in [-0.39, 0.29) is 5.69 Å². The van der Waals surface area contributed by atoms with E-state index in [9.17, 15) is 8.78 Å². The summed E-state index contributed by atoms with van der Waals surface area (Å²) in [6.45, 7) is 1.76. The highest BCUT2D eigenvalue weighted by atomic mass is 19.1. The second-order valence-corrected chi connectivity index (χ2v) is 6.35. The normalized spacial score (nSPS) is 13.9. The largest absolute Gasteiger partial charge is 0.463 e. The van der Waals surface area contributed by atoms with Crippen molar-refractivity contribution in [2.45, 2.75) is 0 Å². The zero-order valence-corrected chi connectivity index (χ0v) is 15.5. The van der Waals surface area contributed by atoms with Gasteiger partial charge in [0.05, 0.1) is 31.3 Å². The number of hydrogen-bond donors (Lipinski definition) is 1. The predicted octanol–water partition coefficient (Wildman–Crippen LogP) is 3.56. The highest BCUT2D eigenvalue weighted by Gasteiger charge is 2.15. The van der Waals surface area contributed by atoms with Gasteiger partial charge in [0.2, 0.25) is 6.86 Å². The van der Waals surface area contributed by atoms with Crippen molar-refractivity contribution in [3.05, 3.63) is 54.6 Å². The first-order chi connectivity index (χ1) is 14.2. The topological polar surface area (TPSA) is 72.4 Å². The van der Waals surface area contributed by atoms with Crippen molar-refractivity contribution in [3.8, 4) is 16.9 Å². The lowest BCUT2D eigenvalue weighted by atomic mass is 10.1. The Kier molecular flexibility index (Phi) is 5.76. The molecule has 0 unspecified atom stereocenters. The molecule has 0 amide bonds. The molecule has 0 spiro atoms. The number of ether oxygens (including phenoxy) is 2. The van der Waals surface area contributed by atoms with Crippen molar-refractivity contribution in [1.82, 2.24) is 15.2 Å². The third kappa shape index (κ3) is 4.57. The maximum absolute atomic E-state index is 14.3. The molecule has 7 nitrogen and oxygen atoms in total. The zero-order chi connectivity index (χ0) is 20.1. The van der Waals surface area contributed by atoms with E-state index in [1.807, 2.05) is 4.90 Å². The Hall–Kier alpha value is -3.33. The van der Waals surface area contributed by atoms with Crippen molar-refractivity contribution in [3.63, 3.8) is 0 Å². The number of benzene rings is 1. The van der Waals surface area contributed by atoms with Crippen molar-refractivity contribution in [2.75, 3.05) is 43.4 Å². The van der Waals surface area contributed by atoms with Gasteiger partial charge in [-0.1, -0.05) is 12.1 Å². The molecular formula is C20H19F2N5O2. The van der Waals surface area contributed by atoms with Crippen LogP contribution in [0, 0.1) is 5.82 Å². The fourth-order valence-corrected chi connectivity index (χ4v) is 3.02. The summed E-state index contributed by atoms with van der Waals surface area (Å²) in [6.07, 6.45) is 2.78. The molecule has 1 N–H and O–H groups in total. The van der Waals surface area contributed by atoms with E-state index in [2.05, 4.69) is 20.5 Å². The van der Waals surface area contributed by atoms with Gasteiger partial charge in [-0.2, -0.15) is 5.10 Å². The van der Waals surface area contributed by atoms with Crippen LogP contribution in [0.3, 0.4) is 0 Å². The van der Waals surface area contributed by atoms with Crippen LogP contribution in [-0.2, 0) is 4.74 Å². The second kappa shape index (κ2) is 8.78. The van der Waals surface area contributed by atoms with Crippen LogP contribution in [0.5, 0.6) is 5.75 Å². The van der Waals surface area contributed by atoms with Gasteiger partial charge in [-0.15, -0.1) is 5.10 Å². The number of halogens is 2. The molecule has 0 aliphatic carbocycles. The van der Waals surface area contributed by atoms with Gasteiger partial charge in [-0.05, 0) is 23.8 Å². The molecule has 1 saturated heterocycles. The monoisotopic (exact) mass is 399 g/mol. The molecule has 4 rings (SSSR count). The van der Waals surface area contributed by atoms with Gasteiger partial charge >= 0.3 is 0 Å². The van der Waals surface area contributed by atoms with Crippen molar-refractivity contribution >= 4 is 17.3 Å². The minimum Gasteiger partial charge on any atom is -0.463 e. The van der Waals surface area contributed by atoms with Crippen LogP contribution in [0.4, 0.5) is 26.1 Å². The molecule has 1 aliphatic heterocycles. The van der Waals surface area contributed by atoms with Gasteiger partial charge in [0.15, 0.2) is 11.6 Å². The second-order valence-electron chi connectivity index (χ2n) is 6.35. The van der Waals surface area contributed by atoms with Gasteiger partial charge in [-0.3, -0.25) is 0 Å². The number of aromatic nitrogens is 3. The van der Waals surface area contributed by atoms with Crippen LogP contribution in [-0.4, -0.2) is 48.3 Å². The average molecular weight is 399 g/mol. The number of nitrogens with zero attached hydrogens (tertiary/aromatic N) is 4. The first-order valence-corrected chi connectivity index (χ1v) is 9.10. The van der Waals surface area contributed by atoms with E-state index in [0.717, 1.165) is 11.1 Å². The van der Waals surface area contributed by atoms with Crippen LogP contribution in [0.1, 0.15) is 0 Å². The van der Waals surface area contributed by atoms with Gasteiger partial charge in [-0.25, -0.2) is 13.8 Å². The Labute approximate surface area is 166 Å². The number of hydrogen-bond acceptors (Lipinski definition) is 7. The average Bonchev–Trinajstić information content (AvgIpc) is 2.77. The number of alkyl halides is 1. The van der Waals surface area contributed by atoms with Gasteiger partial charge in [0.1, 0.15) is 11.6 Å². The molecule has 1 aliphatic rings. The number of rotatable bonds is 6. The highest BCUT2D eigenvalue weighted by Crippen LogP contribution is 2.27. The number of pyridine rings is 1. The lowest BCUT2D eigenvalue weighted by Crippen LogP contribution is -2.36. The number of anilines is 3. The standard InChI is InChI=1S/C20H19F2N5O2/c21-13-29-16-3-1-14(2-4-16)15-9-19(26-24-11-15)25-18-10-20(23-12-17(18)22)27-5-7-28-8-6-27/h1-4,9-12H,5-8,13H2,(H,23,25,26). The van der Waals surface area contributed by atoms with Crippen molar-refractivity contribution in [2.24, 2.45) is 0 Å². The van der Waals surface area contributed by atoms with E-state index < -0.39 is 12.7 Å². The summed E-state index contributed by atoms with van der Waals surface area (Å²) in [6, 6.07) is 10.3. The van der Waals surface area contributed by atoms with Gasteiger partial charge in [0.25, 0.3) is 0 Å². The van der Waals surface area contributed by atoms with Crippen molar-refractivity contribution in [1.29, 1.82) is 0 Å². The third-order valence-corrected chi connectivity index (χ3v) is 4.50. The molecule has 0 radical (unpaired) electrons. The molecule has 150 valence electrons. The predicted molar refractivity (Wildman–Crippen MR) is 105 cm³/mol.